The summed E-state index contributed by atoms with van der Waals surface area (Å²) in [5.74, 6) is -0.242. The highest BCUT2D eigenvalue weighted by Gasteiger charge is 2.21. The van der Waals surface area contributed by atoms with Crippen LogP contribution in [0.1, 0.15) is 25.5 Å². The van der Waals surface area contributed by atoms with Crippen molar-refractivity contribution in [2.75, 3.05) is 0 Å². The first kappa shape index (κ1) is 18.6. The maximum Gasteiger partial charge on any atom is 0.332 e. The topological polar surface area (TPSA) is 90.9 Å². The zero-order valence-corrected chi connectivity index (χ0v) is 15.8. The molecule has 1 atom stereocenters. The van der Waals surface area contributed by atoms with Crippen LogP contribution in [-0.4, -0.2) is 24.6 Å². The van der Waals surface area contributed by atoms with E-state index in [4.69, 9.17) is 0 Å². The molecule has 0 radical (unpaired) electrons. The van der Waals surface area contributed by atoms with Crippen LogP contribution in [0.15, 0.2) is 46.2 Å². The zero-order chi connectivity index (χ0) is 19.7. The van der Waals surface area contributed by atoms with Gasteiger partial charge in [0.15, 0.2) is 11.2 Å². The van der Waals surface area contributed by atoms with E-state index < -0.39 is 17.2 Å². The molecule has 0 aliphatic heterocycles. The molecule has 0 spiro atoms. The lowest BCUT2D eigenvalue weighted by Crippen LogP contribution is -2.44. The predicted molar refractivity (Wildman–Crippen MR) is 102 cm³/mol. The van der Waals surface area contributed by atoms with Gasteiger partial charge in [-0.2, -0.15) is 0 Å². The Labute approximate surface area is 156 Å². The van der Waals surface area contributed by atoms with Gasteiger partial charge in [-0.05, 0) is 11.5 Å². The Kier molecular flexibility index (Phi) is 4.98. The van der Waals surface area contributed by atoms with E-state index in [0.29, 0.717) is 5.65 Å². The van der Waals surface area contributed by atoms with Crippen LogP contribution in [0.25, 0.3) is 11.2 Å². The number of rotatable bonds is 5. The summed E-state index contributed by atoms with van der Waals surface area (Å²) >= 11 is 0. The number of aromatic nitrogens is 4. The first-order valence-corrected chi connectivity index (χ1v) is 8.76. The Hall–Kier alpha value is -3.16. The highest BCUT2D eigenvalue weighted by molar-refractivity contribution is 5.77. The highest BCUT2D eigenvalue weighted by atomic mass is 16.2. The summed E-state index contributed by atoms with van der Waals surface area (Å²) in [7, 11) is 3.21. The fourth-order valence-corrected chi connectivity index (χ4v) is 3.19. The normalized spacial score (nSPS) is 12.5. The molecule has 0 aliphatic carbocycles. The maximum absolute atomic E-state index is 12.7. The number of nitrogens with one attached hydrogen (secondary N) is 1. The van der Waals surface area contributed by atoms with Crippen molar-refractivity contribution in [3.8, 4) is 0 Å². The number of fused-ring (bicyclic) bond motifs is 1. The molecular weight excluding hydrogens is 346 g/mol. The Morgan fingerprint density at radius 3 is 2.44 bits per heavy atom. The van der Waals surface area contributed by atoms with Crippen molar-refractivity contribution >= 4 is 17.1 Å². The van der Waals surface area contributed by atoms with E-state index in [0.717, 1.165) is 10.1 Å². The third-order valence-corrected chi connectivity index (χ3v) is 4.64. The second-order valence-electron chi connectivity index (χ2n) is 6.96. The lowest BCUT2D eigenvalue weighted by Gasteiger charge is -2.23. The van der Waals surface area contributed by atoms with Crippen LogP contribution in [0.2, 0.25) is 0 Å². The molecule has 2 aromatic heterocycles. The summed E-state index contributed by atoms with van der Waals surface area (Å²) in [5.41, 5.74) is 0.469. The smallest absolute Gasteiger partial charge is 0.332 e. The number of nitrogens with zero attached hydrogens (tertiary/aromatic N) is 4. The van der Waals surface area contributed by atoms with Gasteiger partial charge in [-0.15, -0.1) is 0 Å². The van der Waals surface area contributed by atoms with Gasteiger partial charge in [0, 0.05) is 14.1 Å². The SMILES string of the molecule is CC(C)[C@@H](NC(=O)Cn1c(=O)c2c(ncn2C)n(C)c1=O)c1ccccc1. The zero-order valence-electron chi connectivity index (χ0n) is 15.8. The summed E-state index contributed by atoms with van der Waals surface area (Å²) in [6, 6.07) is 9.41. The summed E-state index contributed by atoms with van der Waals surface area (Å²) < 4.78 is 3.77. The van der Waals surface area contributed by atoms with Gasteiger partial charge in [-0.3, -0.25) is 14.2 Å². The summed E-state index contributed by atoms with van der Waals surface area (Å²) in [4.78, 5) is 42.0. The third-order valence-electron chi connectivity index (χ3n) is 4.64. The lowest BCUT2D eigenvalue weighted by molar-refractivity contribution is -0.122. The molecule has 8 nitrogen and oxygen atoms in total. The molecule has 2 heterocycles. The van der Waals surface area contributed by atoms with E-state index in [2.05, 4.69) is 10.3 Å². The maximum atomic E-state index is 12.7. The van der Waals surface area contributed by atoms with Crippen molar-refractivity contribution in [2.24, 2.45) is 20.0 Å². The van der Waals surface area contributed by atoms with Crippen LogP contribution in [0.3, 0.4) is 0 Å². The minimum Gasteiger partial charge on any atom is -0.347 e. The van der Waals surface area contributed by atoms with E-state index in [1.165, 1.54) is 17.9 Å². The number of benzene rings is 1. The number of amides is 1. The molecule has 27 heavy (non-hydrogen) atoms. The Morgan fingerprint density at radius 2 is 1.81 bits per heavy atom. The van der Waals surface area contributed by atoms with Gasteiger partial charge in [0.25, 0.3) is 5.56 Å². The van der Waals surface area contributed by atoms with Crippen LogP contribution in [-0.2, 0) is 25.4 Å². The van der Waals surface area contributed by atoms with Crippen LogP contribution in [0.4, 0.5) is 0 Å². The van der Waals surface area contributed by atoms with Crippen molar-refractivity contribution < 1.29 is 4.79 Å². The number of aryl methyl sites for hydroxylation is 2. The third kappa shape index (κ3) is 3.42. The number of imidazole rings is 1. The average molecular weight is 369 g/mol. The van der Waals surface area contributed by atoms with E-state index >= 15 is 0 Å². The fraction of sp³-hybridized carbons (Fsp3) is 0.368. The molecule has 1 amide bonds. The van der Waals surface area contributed by atoms with Crippen LogP contribution < -0.4 is 16.6 Å². The highest BCUT2D eigenvalue weighted by Crippen LogP contribution is 2.21. The Bertz CT molecular complexity index is 1090. The largest absolute Gasteiger partial charge is 0.347 e. The van der Waals surface area contributed by atoms with Crippen LogP contribution in [0, 0.1) is 5.92 Å². The van der Waals surface area contributed by atoms with Gasteiger partial charge in [0.05, 0.1) is 12.4 Å². The molecule has 1 aromatic carbocycles. The minimum atomic E-state index is -0.567. The van der Waals surface area contributed by atoms with Gasteiger partial charge < -0.3 is 9.88 Å². The molecule has 1 N–H and O–H groups in total. The molecule has 0 aliphatic rings. The molecule has 0 fully saturated rings. The van der Waals surface area contributed by atoms with Crippen molar-refractivity contribution in [3.05, 3.63) is 63.1 Å². The molecule has 142 valence electrons. The Balaban J connectivity index is 1.93. The summed E-state index contributed by atoms with van der Waals surface area (Å²) in [6.07, 6.45) is 1.47. The van der Waals surface area contributed by atoms with Crippen molar-refractivity contribution in [3.63, 3.8) is 0 Å². The second-order valence-corrected chi connectivity index (χ2v) is 6.96. The number of hydrogen-bond donors (Lipinski definition) is 1. The lowest BCUT2D eigenvalue weighted by atomic mass is 9.96. The minimum absolute atomic E-state index is 0.149. The van der Waals surface area contributed by atoms with Crippen molar-refractivity contribution in [2.45, 2.75) is 26.4 Å². The quantitative estimate of drug-likeness (QED) is 0.725. The molecule has 0 unspecified atom stereocenters. The number of carbonyl (C=O) groups excluding carboxylic acids is 1. The van der Waals surface area contributed by atoms with Gasteiger partial charge in [0.2, 0.25) is 5.91 Å². The standard InChI is InChI=1S/C19H23N5O3/c1-12(2)15(13-8-6-5-7-9-13)21-14(25)10-24-18(26)16-17(20-11-22(16)3)23(4)19(24)27/h5-9,11-12,15H,10H2,1-4H3,(H,21,25)/t15-/m1/s1. The van der Waals surface area contributed by atoms with Crippen LogP contribution in [0.5, 0.6) is 0 Å². The summed E-state index contributed by atoms with van der Waals surface area (Å²) in [6.45, 7) is 3.67. The molecule has 0 saturated carbocycles. The predicted octanol–water partition coefficient (Wildman–Crippen LogP) is 0.947. The molecule has 0 bridgehead atoms. The monoisotopic (exact) mass is 369 g/mol. The van der Waals surface area contributed by atoms with Gasteiger partial charge in [-0.1, -0.05) is 44.2 Å². The van der Waals surface area contributed by atoms with E-state index in [9.17, 15) is 14.4 Å². The molecule has 3 aromatic rings. The number of hydrogen-bond acceptors (Lipinski definition) is 4. The van der Waals surface area contributed by atoms with Gasteiger partial charge in [-0.25, -0.2) is 14.3 Å². The Morgan fingerprint density at radius 1 is 1.15 bits per heavy atom. The van der Waals surface area contributed by atoms with Crippen molar-refractivity contribution in [1.82, 2.24) is 24.0 Å². The average Bonchev–Trinajstić information content (AvgIpc) is 3.04. The van der Waals surface area contributed by atoms with Gasteiger partial charge >= 0.3 is 5.69 Å². The van der Waals surface area contributed by atoms with E-state index in [1.54, 1.807) is 11.6 Å². The van der Waals surface area contributed by atoms with E-state index in [1.807, 2.05) is 44.2 Å². The van der Waals surface area contributed by atoms with Crippen molar-refractivity contribution in [1.29, 1.82) is 0 Å². The first-order chi connectivity index (χ1) is 12.8. The van der Waals surface area contributed by atoms with Gasteiger partial charge in [0.1, 0.15) is 6.54 Å². The van der Waals surface area contributed by atoms with Crippen LogP contribution >= 0.6 is 0 Å². The molecule has 8 heteroatoms. The molecule has 0 saturated heterocycles. The second kappa shape index (κ2) is 7.22. The summed E-state index contributed by atoms with van der Waals surface area (Å²) in [5, 5.41) is 2.94. The molecular formula is C19H23N5O3. The molecule has 3 rings (SSSR count). The van der Waals surface area contributed by atoms with E-state index in [-0.39, 0.29) is 24.0 Å². The number of carbonyl (C=O) groups is 1. The first-order valence-electron chi connectivity index (χ1n) is 8.76. The fourth-order valence-electron chi connectivity index (χ4n) is 3.19.